The Hall–Kier alpha value is -4.02. The van der Waals surface area contributed by atoms with Crippen molar-refractivity contribution in [2.24, 2.45) is 0 Å². The number of amides is 2. The maximum Gasteiger partial charge on any atom is 0.311 e. The van der Waals surface area contributed by atoms with Crippen molar-refractivity contribution in [3.63, 3.8) is 0 Å². The van der Waals surface area contributed by atoms with Crippen molar-refractivity contribution in [2.45, 2.75) is 23.5 Å². The summed E-state index contributed by atoms with van der Waals surface area (Å²) in [6.07, 6.45) is 0.0428. The number of ether oxygens (including phenoxy) is 1. The maximum absolute atomic E-state index is 13.3. The lowest BCUT2D eigenvalue weighted by Gasteiger charge is -2.16. The highest BCUT2D eigenvalue weighted by Gasteiger charge is 2.23. The Balaban J connectivity index is 1.44. The highest BCUT2D eigenvalue weighted by molar-refractivity contribution is 8.00. The molecule has 194 valence electrons. The summed E-state index contributed by atoms with van der Waals surface area (Å²) in [6.45, 7) is 2.04. The van der Waals surface area contributed by atoms with Crippen LogP contribution in [-0.4, -0.2) is 29.4 Å². The van der Waals surface area contributed by atoms with Gasteiger partial charge in [-0.05, 0) is 61.0 Å². The molecule has 0 saturated carbocycles. The molecule has 1 atom stereocenters. The number of benzene rings is 3. The standard InChI is InChI=1S/C28H24FN3O4S2/c1-2-36-24(33)16-22-17-37-28(31-22)32-27(35)25(18-6-4-3-5-7-18)38-23-14-12-21(13-15-23)30-26(34)19-8-10-20(29)11-9-19/h3-15,17,25H,2,16H2,1H3,(H,30,34)(H,31,32,35). The molecule has 0 bridgehead atoms. The van der Waals surface area contributed by atoms with Gasteiger partial charge in [0.1, 0.15) is 11.1 Å². The third-order valence-corrected chi connectivity index (χ3v) is 7.30. The van der Waals surface area contributed by atoms with Gasteiger partial charge in [-0.3, -0.25) is 14.4 Å². The summed E-state index contributed by atoms with van der Waals surface area (Å²) in [7, 11) is 0. The molecule has 0 aliphatic heterocycles. The second-order valence-corrected chi connectivity index (χ2v) is 10.0. The van der Waals surface area contributed by atoms with Gasteiger partial charge in [0, 0.05) is 21.5 Å². The van der Waals surface area contributed by atoms with E-state index in [4.69, 9.17) is 4.74 Å². The molecule has 0 aliphatic rings. The SMILES string of the molecule is CCOC(=O)Cc1csc(NC(=O)C(Sc2ccc(NC(=O)c3ccc(F)cc3)cc2)c2ccccc2)n1. The second-order valence-electron chi connectivity index (χ2n) is 8.01. The molecule has 1 unspecified atom stereocenters. The lowest BCUT2D eigenvalue weighted by molar-refractivity contribution is -0.142. The van der Waals surface area contributed by atoms with Crippen molar-refractivity contribution in [1.29, 1.82) is 0 Å². The largest absolute Gasteiger partial charge is 0.466 e. The molecule has 3 aromatic carbocycles. The fraction of sp³-hybridized carbons (Fsp3) is 0.143. The summed E-state index contributed by atoms with van der Waals surface area (Å²) in [5.74, 6) is -1.39. The number of hydrogen-bond donors (Lipinski definition) is 2. The van der Waals surface area contributed by atoms with Gasteiger partial charge in [0.2, 0.25) is 5.91 Å². The highest BCUT2D eigenvalue weighted by atomic mass is 32.2. The van der Waals surface area contributed by atoms with Gasteiger partial charge in [-0.25, -0.2) is 9.37 Å². The molecule has 0 saturated heterocycles. The van der Waals surface area contributed by atoms with Crippen LogP contribution in [-0.2, 0) is 20.7 Å². The summed E-state index contributed by atoms with van der Waals surface area (Å²) in [6, 6.07) is 21.8. The van der Waals surface area contributed by atoms with Crippen LogP contribution in [0.2, 0.25) is 0 Å². The van der Waals surface area contributed by atoms with Crippen LogP contribution in [0.3, 0.4) is 0 Å². The lowest BCUT2D eigenvalue weighted by Crippen LogP contribution is -2.19. The first-order chi connectivity index (χ1) is 18.4. The summed E-state index contributed by atoms with van der Waals surface area (Å²) in [5.41, 5.74) is 2.26. The van der Waals surface area contributed by atoms with Crippen LogP contribution in [0.1, 0.15) is 33.8 Å². The minimum atomic E-state index is -0.576. The van der Waals surface area contributed by atoms with Crippen molar-refractivity contribution >= 4 is 51.7 Å². The first kappa shape index (κ1) is 27.0. The quantitative estimate of drug-likeness (QED) is 0.183. The smallest absolute Gasteiger partial charge is 0.311 e. The number of anilines is 2. The highest BCUT2D eigenvalue weighted by Crippen LogP contribution is 2.37. The van der Waals surface area contributed by atoms with Crippen molar-refractivity contribution in [3.8, 4) is 0 Å². The average Bonchev–Trinajstić information content (AvgIpc) is 3.35. The van der Waals surface area contributed by atoms with Gasteiger partial charge in [-0.15, -0.1) is 23.1 Å². The van der Waals surface area contributed by atoms with E-state index in [1.807, 2.05) is 42.5 Å². The van der Waals surface area contributed by atoms with E-state index in [0.29, 0.717) is 28.7 Å². The second kappa shape index (κ2) is 13.0. The molecule has 10 heteroatoms. The van der Waals surface area contributed by atoms with Crippen LogP contribution in [0, 0.1) is 5.82 Å². The number of aromatic nitrogens is 1. The van der Waals surface area contributed by atoms with Crippen LogP contribution >= 0.6 is 23.1 Å². The molecule has 1 heterocycles. The van der Waals surface area contributed by atoms with Crippen LogP contribution in [0.15, 0.2) is 89.1 Å². The monoisotopic (exact) mass is 549 g/mol. The Morgan fingerprint density at radius 3 is 2.37 bits per heavy atom. The molecule has 0 radical (unpaired) electrons. The van der Waals surface area contributed by atoms with E-state index in [-0.39, 0.29) is 24.2 Å². The summed E-state index contributed by atoms with van der Waals surface area (Å²) >= 11 is 2.60. The summed E-state index contributed by atoms with van der Waals surface area (Å²) in [5, 5.41) is 7.18. The number of nitrogens with zero attached hydrogens (tertiary/aromatic N) is 1. The van der Waals surface area contributed by atoms with E-state index < -0.39 is 11.1 Å². The number of hydrogen-bond acceptors (Lipinski definition) is 7. The first-order valence-electron chi connectivity index (χ1n) is 11.7. The molecule has 2 amide bonds. The predicted molar refractivity (Wildman–Crippen MR) is 147 cm³/mol. The third-order valence-electron chi connectivity index (χ3n) is 5.23. The fourth-order valence-electron chi connectivity index (χ4n) is 3.43. The molecule has 38 heavy (non-hydrogen) atoms. The van der Waals surface area contributed by atoms with Gasteiger partial charge in [0.05, 0.1) is 18.7 Å². The molecule has 2 N–H and O–H groups in total. The predicted octanol–water partition coefficient (Wildman–Crippen LogP) is 6.11. The Labute approximate surface area is 227 Å². The van der Waals surface area contributed by atoms with E-state index in [9.17, 15) is 18.8 Å². The Morgan fingerprint density at radius 1 is 0.974 bits per heavy atom. The average molecular weight is 550 g/mol. The van der Waals surface area contributed by atoms with Gasteiger partial charge in [0.25, 0.3) is 5.91 Å². The Bertz CT molecular complexity index is 1390. The normalized spacial score (nSPS) is 11.4. The minimum absolute atomic E-state index is 0.0428. The van der Waals surface area contributed by atoms with Gasteiger partial charge >= 0.3 is 5.97 Å². The molecular weight excluding hydrogens is 525 g/mol. The summed E-state index contributed by atoms with van der Waals surface area (Å²) in [4.78, 5) is 42.6. The zero-order valence-electron chi connectivity index (χ0n) is 20.3. The number of esters is 1. The molecule has 0 spiro atoms. The van der Waals surface area contributed by atoms with Crippen molar-refractivity contribution in [3.05, 3.63) is 107 Å². The topological polar surface area (TPSA) is 97.4 Å². The number of carbonyl (C=O) groups is 3. The first-order valence-corrected chi connectivity index (χ1v) is 13.5. The number of nitrogens with one attached hydrogen (secondary N) is 2. The molecule has 0 aliphatic carbocycles. The van der Waals surface area contributed by atoms with E-state index >= 15 is 0 Å². The Morgan fingerprint density at radius 2 is 1.68 bits per heavy atom. The van der Waals surface area contributed by atoms with Gasteiger partial charge in [0.15, 0.2) is 5.13 Å². The third kappa shape index (κ3) is 7.50. The molecule has 4 rings (SSSR count). The van der Waals surface area contributed by atoms with E-state index in [2.05, 4.69) is 15.6 Å². The van der Waals surface area contributed by atoms with Crippen LogP contribution in [0.5, 0.6) is 0 Å². The number of halogens is 1. The minimum Gasteiger partial charge on any atom is -0.466 e. The Kier molecular flexibility index (Phi) is 9.23. The lowest BCUT2D eigenvalue weighted by atomic mass is 10.1. The fourth-order valence-corrected chi connectivity index (χ4v) is 5.17. The van der Waals surface area contributed by atoms with Crippen molar-refractivity contribution in [1.82, 2.24) is 4.98 Å². The molecule has 4 aromatic rings. The van der Waals surface area contributed by atoms with Crippen molar-refractivity contribution < 1.29 is 23.5 Å². The molecule has 1 aromatic heterocycles. The van der Waals surface area contributed by atoms with Gasteiger partial charge < -0.3 is 15.4 Å². The molecule has 7 nitrogen and oxygen atoms in total. The zero-order chi connectivity index (χ0) is 26.9. The number of thiazole rings is 1. The van der Waals surface area contributed by atoms with Crippen LogP contribution in [0.4, 0.5) is 15.2 Å². The maximum atomic E-state index is 13.3. The van der Waals surface area contributed by atoms with Crippen LogP contribution < -0.4 is 10.6 Å². The number of rotatable bonds is 10. The van der Waals surface area contributed by atoms with Gasteiger partial charge in [-0.1, -0.05) is 30.3 Å². The number of carbonyl (C=O) groups excluding carboxylic acids is 3. The van der Waals surface area contributed by atoms with E-state index in [0.717, 1.165) is 10.5 Å². The van der Waals surface area contributed by atoms with E-state index in [1.165, 1.54) is 47.4 Å². The molecular formula is C28H24FN3O4S2. The zero-order valence-corrected chi connectivity index (χ0v) is 22.0. The summed E-state index contributed by atoms with van der Waals surface area (Å²) < 4.78 is 18.1. The van der Waals surface area contributed by atoms with Crippen molar-refractivity contribution in [2.75, 3.05) is 17.2 Å². The van der Waals surface area contributed by atoms with Crippen LogP contribution in [0.25, 0.3) is 0 Å². The molecule has 0 fully saturated rings. The van der Waals surface area contributed by atoms with Gasteiger partial charge in [-0.2, -0.15) is 0 Å². The number of thioether (sulfide) groups is 1. The van der Waals surface area contributed by atoms with E-state index in [1.54, 1.807) is 24.4 Å².